The molecule has 2 unspecified atom stereocenters. The highest BCUT2D eigenvalue weighted by Crippen LogP contribution is 2.24. The second-order valence-electron chi connectivity index (χ2n) is 5.23. The molecule has 1 aromatic heterocycles. The first kappa shape index (κ1) is 16.5. The molecule has 1 fully saturated rings. The standard InChI is InChI=1S/C15H24ClN3O2/c1-4-7-17-8-12-11(16)5-6-15(18-12)19-9-13(20-2)14(10-19)21-3/h5-6,13-14,17H,4,7-10H2,1-3H3. The number of nitrogens with zero attached hydrogens (tertiary/aromatic N) is 2. The van der Waals surface area contributed by atoms with Crippen molar-refractivity contribution in [1.29, 1.82) is 0 Å². The summed E-state index contributed by atoms with van der Waals surface area (Å²) in [5.74, 6) is 0.925. The van der Waals surface area contributed by atoms with Crippen LogP contribution in [-0.4, -0.2) is 51.0 Å². The van der Waals surface area contributed by atoms with Crippen molar-refractivity contribution in [2.45, 2.75) is 32.1 Å². The lowest BCUT2D eigenvalue weighted by atomic mass is 10.3. The Morgan fingerprint density at radius 3 is 2.52 bits per heavy atom. The van der Waals surface area contributed by atoms with Gasteiger partial charge in [-0.3, -0.25) is 0 Å². The highest BCUT2D eigenvalue weighted by Gasteiger charge is 2.33. The van der Waals surface area contributed by atoms with Crippen LogP contribution in [0.1, 0.15) is 19.0 Å². The zero-order chi connectivity index (χ0) is 15.2. The third-order valence-electron chi connectivity index (χ3n) is 3.77. The Bertz CT molecular complexity index is 447. The van der Waals surface area contributed by atoms with Crippen LogP contribution in [0.4, 0.5) is 5.82 Å². The molecule has 2 rings (SSSR count). The molecular weight excluding hydrogens is 290 g/mol. The lowest BCUT2D eigenvalue weighted by Gasteiger charge is -2.18. The van der Waals surface area contributed by atoms with Gasteiger partial charge in [-0.25, -0.2) is 4.98 Å². The number of halogens is 1. The van der Waals surface area contributed by atoms with Crippen molar-refractivity contribution in [1.82, 2.24) is 10.3 Å². The van der Waals surface area contributed by atoms with Gasteiger partial charge in [-0.05, 0) is 25.1 Å². The van der Waals surface area contributed by atoms with Gasteiger partial charge in [-0.1, -0.05) is 18.5 Å². The molecule has 2 heterocycles. The van der Waals surface area contributed by atoms with Crippen LogP contribution >= 0.6 is 11.6 Å². The quantitative estimate of drug-likeness (QED) is 0.781. The van der Waals surface area contributed by atoms with Gasteiger partial charge in [0, 0.05) is 33.9 Å². The molecule has 1 saturated heterocycles. The zero-order valence-electron chi connectivity index (χ0n) is 12.9. The molecule has 2 atom stereocenters. The maximum Gasteiger partial charge on any atom is 0.129 e. The molecule has 0 amide bonds. The summed E-state index contributed by atoms with van der Waals surface area (Å²) in [6.45, 7) is 5.36. The topological polar surface area (TPSA) is 46.6 Å². The van der Waals surface area contributed by atoms with E-state index < -0.39 is 0 Å². The first-order chi connectivity index (χ1) is 10.2. The van der Waals surface area contributed by atoms with E-state index in [4.69, 9.17) is 21.1 Å². The SMILES string of the molecule is CCCNCc1nc(N2CC(OC)C(OC)C2)ccc1Cl. The van der Waals surface area contributed by atoms with E-state index in [2.05, 4.69) is 22.1 Å². The number of ether oxygens (including phenoxy) is 2. The summed E-state index contributed by atoms with van der Waals surface area (Å²) >= 11 is 6.22. The van der Waals surface area contributed by atoms with Gasteiger partial charge in [-0.15, -0.1) is 0 Å². The molecule has 0 saturated carbocycles. The van der Waals surface area contributed by atoms with Crippen LogP contribution in [0.3, 0.4) is 0 Å². The smallest absolute Gasteiger partial charge is 0.129 e. The van der Waals surface area contributed by atoms with Gasteiger partial charge < -0.3 is 19.7 Å². The van der Waals surface area contributed by atoms with Crippen molar-refractivity contribution in [2.24, 2.45) is 0 Å². The highest BCUT2D eigenvalue weighted by atomic mass is 35.5. The summed E-state index contributed by atoms with van der Waals surface area (Å²) in [4.78, 5) is 6.87. The lowest BCUT2D eigenvalue weighted by molar-refractivity contribution is -0.00461. The van der Waals surface area contributed by atoms with Gasteiger partial charge in [0.15, 0.2) is 0 Å². The number of hydrogen-bond acceptors (Lipinski definition) is 5. The van der Waals surface area contributed by atoms with E-state index in [1.54, 1.807) is 14.2 Å². The van der Waals surface area contributed by atoms with Crippen LogP contribution in [0.15, 0.2) is 12.1 Å². The van der Waals surface area contributed by atoms with Gasteiger partial charge in [0.2, 0.25) is 0 Å². The van der Waals surface area contributed by atoms with E-state index in [9.17, 15) is 0 Å². The number of methoxy groups -OCH3 is 2. The van der Waals surface area contributed by atoms with Crippen LogP contribution < -0.4 is 10.2 Å². The number of nitrogens with one attached hydrogen (secondary N) is 1. The van der Waals surface area contributed by atoms with Crippen LogP contribution in [0, 0.1) is 0 Å². The molecule has 1 aromatic rings. The van der Waals surface area contributed by atoms with Gasteiger partial charge in [0.25, 0.3) is 0 Å². The van der Waals surface area contributed by atoms with Crippen LogP contribution in [0.2, 0.25) is 5.02 Å². The maximum absolute atomic E-state index is 6.22. The van der Waals surface area contributed by atoms with Crippen molar-refractivity contribution >= 4 is 17.4 Å². The second kappa shape index (κ2) is 7.94. The Kier molecular flexibility index (Phi) is 6.23. The van der Waals surface area contributed by atoms with Crippen molar-refractivity contribution in [2.75, 3.05) is 38.8 Å². The molecule has 0 radical (unpaired) electrons. The Balaban J connectivity index is 2.08. The van der Waals surface area contributed by atoms with E-state index in [0.717, 1.165) is 37.6 Å². The maximum atomic E-state index is 6.22. The van der Waals surface area contributed by atoms with E-state index in [1.165, 1.54) is 0 Å². The summed E-state index contributed by atoms with van der Waals surface area (Å²) in [5, 5.41) is 4.04. The first-order valence-electron chi connectivity index (χ1n) is 7.36. The van der Waals surface area contributed by atoms with E-state index >= 15 is 0 Å². The average molecular weight is 314 g/mol. The van der Waals surface area contributed by atoms with E-state index in [1.807, 2.05) is 12.1 Å². The van der Waals surface area contributed by atoms with Crippen LogP contribution in [-0.2, 0) is 16.0 Å². The predicted octanol–water partition coefficient (Wildman–Crippen LogP) is 2.08. The fourth-order valence-electron chi connectivity index (χ4n) is 2.54. The van der Waals surface area contributed by atoms with Gasteiger partial charge in [-0.2, -0.15) is 0 Å². The largest absolute Gasteiger partial charge is 0.377 e. The normalized spacial score (nSPS) is 22.0. The molecular formula is C15H24ClN3O2. The summed E-state index contributed by atoms with van der Waals surface area (Å²) in [6.07, 6.45) is 1.25. The molecule has 0 aliphatic carbocycles. The number of anilines is 1. The van der Waals surface area contributed by atoms with Gasteiger partial charge in [0.05, 0.1) is 10.7 Å². The Hall–Kier alpha value is -0.880. The Labute approximate surface area is 131 Å². The van der Waals surface area contributed by atoms with E-state index in [0.29, 0.717) is 11.6 Å². The van der Waals surface area contributed by atoms with Crippen molar-refractivity contribution in [3.8, 4) is 0 Å². The molecule has 1 aliphatic rings. The fourth-order valence-corrected chi connectivity index (χ4v) is 2.71. The molecule has 1 N–H and O–H groups in total. The predicted molar refractivity (Wildman–Crippen MR) is 85.1 cm³/mol. The minimum atomic E-state index is 0.0779. The fraction of sp³-hybridized carbons (Fsp3) is 0.667. The third kappa shape index (κ3) is 4.07. The van der Waals surface area contributed by atoms with Crippen molar-refractivity contribution in [3.05, 3.63) is 22.8 Å². The van der Waals surface area contributed by atoms with Crippen LogP contribution in [0.25, 0.3) is 0 Å². The van der Waals surface area contributed by atoms with Gasteiger partial charge >= 0.3 is 0 Å². The molecule has 6 heteroatoms. The molecule has 21 heavy (non-hydrogen) atoms. The molecule has 0 aromatic carbocycles. The summed E-state index contributed by atoms with van der Waals surface area (Å²) in [6, 6.07) is 3.87. The minimum absolute atomic E-state index is 0.0779. The number of pyridine rings is 1. The summed E-state index contributed by atoms with van der Waals surface area (Å²) in [7, 11) is 3.44. The second-order valence-corrected chi connectivity index (χ2v) is 5.64. The first-order valence-corrected chi connectivity index (χ1v) is 7.74. The Morgan fingerprint density at radius 2 is 1.95 bits per heavy atom. The third-order valence-corrected chi connectivity index (χ3v) is 4.11. The number of rotatable bonds is 7. The number of hydrogen-bond donors (Lipinski definition) is 1. The average Bonchev–Trinajstić information content (AvgIpc) is 2.92. The molecule has 1 aliphatic heterocycles. The Morgan fingerprint density at radius 1 is 1.29 bits per heavy atom. The summed E-state index contributed by atoms with van der Waals surface area (Å²) in [5.41, 5.74) is 0.887. The number of aromatic nitrogens is 1. The molecule has 0 spiro atoms. The van der Waals surface area contributed by atoms with Crippen molar-refractivity contribution < 1.29 is 9.47 Å². The van der Waals surface area contributed by atoms with Crippen LogP contribution in [0.5, 0.6) is 0 Å². The van der Waals surface area contributed by atoms with E-state index in [-0.39, 0.29) is 12.2 Å². The zero-order valence-corrected chi connectivity index (χ0v) is 13.7. The molecule has 118 valence electrons. The molecule has 0 bridgehead atoms. The van der Waals surface area contributed by atoms with Gasteiger partial charge in [0.1, 0.15) is 18.0 Å². The monoisotopic (exact) mass is 313 g/mol. The molecule has 5 nitrogen and oxygen atoms in total. The lowest BCUT2D eigenvalue weighted by Crippen LogP contribution is -2.27. The minimum Gasteiger partial charge on any atom is -0.377 e. The summed E-state index contributed by atoms with van der Waals surface area (Å²) < 4.78 is 10.9. The van der Waals surface area contributed by atoms with Crippen molar-refractivity contribution in [3.63, 3.8) is 0 Å². The highest BCUT2D eigenvalue weighted by molar-refractivity contribution is 6.31.